The fourth-order valence-corrected chi connectivity index (χ4v) is 2.86. The Bertz CT molecular complexity index is 471. The van der Waals surface area contributed by atoms with Crippen LogP contribution in [0.4, 0.5) is 5.69 Å². The average molecular weight is 306 g/mol. The number of aryl methyl sites for hydroxylation is 1. The normalized spacial score (nSPS) is 13.5. The molecule has 0 aliphatic rings. The summed E-state index contributed by atoms with van der Waals surface area (Å²) in [5.74, 6) is 0.132. The molecule has 1 aromatic rings. The number of rotatable bonds is 4. The fourth-order valence-electron chi connectivity index (χ4n) is 1.51. The lowest BCUT2D eigenvalue weighted by molar-refractivity contribution is 0.598. The molecule has 0 saturated heterocycles. The number of benzene rings is 1. The first-order valence-corrected chi connectivity index (χ1v) is 7.84. The van der Waals surface area contributed by atoms with Crippen LogP contribution in [0, 0.1) is 6.92 Å². The van der Waals surface area contributed by atoms with E-state index >= 15 is 0 Å². The van der Waals surface area contributed by atoms with Crippen LogP contribution < -0.4 is 5.32 Å². The van der Waals surface area contributed by atoms with Crippen LogP contribution in [0.3, 0.4) is 0 Å². The molecule has 1 N–H and O–H groups in total. The molecule has 0 bridgehead atoms. The first kappa shape index (κ1) is 13.5. The molecule has 5 heteroatoms. The summed E-state index contributed by atoms with van der Waals surface area (Å²) in [4.78, 5) is 0. The van der Waals surface area contributed by atoms with Crippen molar-refractivity contribution in [2.75, 3.05) is 17.3 Å². The van der Waals surface area contributed by atoms with Crippen molar-refractivity contribution in [1.82, 2.24) is 0 Å². The Morgan fingerprint density at radius 3 is 2.62 bits per heavy atom. The van der Waals surface area contributed by atoms with E-state index in [0.717, 1.165) is 15.7 Å². The summed E-state index contributed by atoms with van der Waals surface area (Å²) in [6.45, 7) is 3.86. The number of halogens is 1. The lowest BCUT2D eigenvalue weighted by Crippen LogP contribution is -2.25. The van der Waals surface area contributed by atoms with Gasteiger partial charge in [0.05, 0.1) is 5.75 Å². The Morgan fingerprint density at radius 2 is 2.06 bits per heavy atom. The van der Waals surface area contributed by atoms with E-state index in [-0.39, 0.29) is 11.8 Å². The summed E-state index contributed by atoms with van der Waals surface area (Å²) >= 11 is 3.43. The molecule has 1 unspecified atom stereocenters. The van der Waals surface area contributed by atoms with Gasteiger partial charge in [0.2, 0.25) is 0 Å². The summed E-state index contributed by atoms with van der Waals surface area (Å²) in [5, 5.41) is 3.18. The predicted octanol–water partition coefficient (Wildman–Crippen LogP) is 2.60. The van der Waals surface area contributed by atoms with Gasteiger partial charge in [-0.25, -0.2) is 8.42 Å². The van der Waals surface area contributed by atoms with Gasteiger partial charge >= 0.3 is 0 Å². The molecule has 0 aromatic heterocycles. The molecule has 0 aliphatic carbocycles. The van der Waals surface area contributed by atoms with Gasteiger partial charge in [-0.15, -0.1) is 0 Å². The van der Waals surface area contributed by atoms with E-state index in [1.807, 2.05) is 32.0 Å². The molecule has 90 valence electrons. The Kier molecular flexibility index (Phi) is 4.38. The fraction of sp³-hybridized carbons (Fsp3) is 0.455. The average Bonchev–Trinajstić information content (AvgIpc) is 2.08. The van der Waals surface area contributed by atoms with Crippen LogP contribution in [0.25, 0.3) is 0 Å². The van der Waals surface area contributed by atoms with E-state index in [1.54, 1.807) is 0 Å². The molecule has 0 heterocycles. The molecule has 0 aliphatic heterocycles. The highest BCUT2D eigenvalue weighted by Gasteiger charge is 2.11. The van der Waals surface area contributed by atoms with Crippen molar-refractivity contribution in [3.05, 3.63) is 28.2 Å². The van der Waals surface area contributed by atoms with Gasteiger partial charge in [-0.3, -0.25) is 0 Å². The standard InChI is InChI=1S/C11H16BrNO2S/c1-8-4-5-10(12)11(6-8)13-9(2)7-16(3,14)15/h4-6,9,13H,7H2,1-3H3. The summed E-state index contributed by atoms with van der Waals surface area (Å²) in [5.41, 5.74) is 2.06. The number of hydrogen-bond acceptors (Lipinski definition) is 3. The summed E-state index contributed by atoms with van der Waals surface area (Å²) in [6.07, 6.45) is 1.25. The number of anilines is 1. The second kappa shape index (κ2) is 5.19. The van der Waals surface area contributed by atoms with Crippen LogP contribution in [0.15, 0.2) is 22.7 Å². The minimum atomic E-state index is -2.94. The van der Waals surface area contributed by atoms with Gasteiger partial charge in [0.1, 0.15) is 9.84 Å². The maximum absolute atomic E-state index is 11.1. The quantitative estimate of drug-likeness (QED) is 0.930. The van der Waals surface area contributed by atoms with E-state index in [9.17, 15) is 8.42 Å². The molecule has 16 heavy (non-hydrogen) atoms. The minimum absolute atomic E-state index is 0.104. The van der Waals surface area contributed by atoms with Crippen molar-refractivity contribution >= 4 is 31.5 Å². The molecule has 3 nitrogen and oxygen atoms in total. The maximum Gasteiger partial charge on any atom is 0.149 e. The molecular weight excluding hydrogens is 290 g/mol. The number of sulfone groups is 1. The van der Waals surface area contributed by atoms with Crippen LogP contribution in [0.5, 0.6) is 0 Å². The van der Waals surface area contributed by atoms with Crippen LogP contribution in [0.1, 0.15) is 12.5 Å². The molecule has 0 fully saturated rings. The van der Waals surface area contributed by atoms with Gasteiger partial charge < -0.3 is 5.32 Å². The molecule has 0 amide bonds. The highest BCUT2D eigenvalue weighted by atomic mass is 79.9. The van der Waals surface area contributed by atoms with Gasteiger partial charge in [0, 0.05) is 22.5 Å². The third-order valence-electron chi connectivity index (χ3n) is 2.08. The van der Waals surface area contributed by atoms with Crippen molar-refractivity contribution in [3.8, 4) is 0 Å². The third kappa shape index (κ3) is 4.53. The van der Waals surface area contributed by atoms with Crippen LogP contribution >= 0.6 is 15.9 Å². The van der Waals surface area contributed by atoms with E-state index < -0.39 is 9.84 Å². The number of nitrogens with one attached hydrogen (secondary N) is 1. The zero-order valence-corrected chi connectivity index (χ0v) is 12.0. The topological polar surface area (TPSA) is 46.2 Å². The highest BCUT2D eigenvalue weighted by Crippen LogP contribution is 2.24. The van der Waals surface area contributed by atoms with Gasteiger partial charge in [0.15, 0.2) is 0 Å². The monoisotopic (exact) mass is 305 g/mol. The van der Waals surface area contributed by atoms with E-state index in [4.69, 9.17) is 0 Å². The van der Waals surface area contributed by atoms with Crippen molar-refractivity contribution < 1.29 is 8.42 Å². The molecule has 0 spiro atoms. The largest absolute Gasteiger partial charge is 0.381 e. The maximum atomic E-state index is 11.1. The smallest absolute Gasteiger partial charge is 0.149 e. The summed E-state index contributed by atoms with van der Waals surface area (Å²) in [7, 11) is -2.94. The molecule has 1 aromatic carbocycles. The van der Waals surface area contributed by atoms with Crippen LogP contribution in [0.2, 0.25) is 0 Å². The lowest BCUT2D eigenvalue weighted by Gasteiger charge is -2.16. The minimum Gasteiger partial charge on any atom is -0.381 e. The summed E-state index contributed by atoms with van der Waals surface area (Å²) in [6, 6.07) is 5.83. The first-order valence-electron chi connectivity index (χ1n) is 4.98. The molecule has 0 saturated carbocycles. The van der Waals surface area contributed by atoms with Crippen molar-refractivity contribution in [1.29, 1.82) is 0 Å². The van der Waals surface area contributed by atoms with Crippen molar-refractivity contribution in [2.45, 2.75) is 19.9 Å². The zero-order valence-electron chi connectivity index (χ0n) is 9.62. The van der Waals surface area contributed by atoms with Gasteiger partial charge in [-0.05, 0) is 47.5 Å². The Balaban J connectivity index is 2.77. The Morgan fingerprint density at radius 1 is 1.44 bits per heavy atom. The molecule has 1 atom stereocenters. The predicted molar refractivity (Wildman–Crippen MR) is 71.7 cm³/mol. The highest BCUT2D eigenvalue weighted by molar-refractivity contribution is 9.10. The van der Waals surface area contributed by atoms with Crippen molar-refractivity contribution in [3.63, 3.8) is 0 Å². The second-order valence-electron chi connectivity index (χ2n) is 4.12. The van der Waals surface area contributed by atoms with E-state index in [1.165, 1.54) is 6.26 Å². The van der Waals surface area contributed by atoms with Crippen molar-refractivity contribution in [2.24, 2.45) is 0 Å². The van der Waals surface area contributed by atoms with Gasteiger partial charge in [-0.2, -0.15) is 0 Å². The number of hydrogen-bond donors (Lipinski definition) is 1. The second-order valence-corrected chi connectivity index (χ2v) is 7.16. The van der Waals surface area contributed by atoms with E-state index in [2.05, 4.69) is 21.2 Å². The van der Waals surface area contributed by atoms with Gasteiger partial charge in [0.25, 0.3) is 0 Å². The molecule has 0 radical (unpaired) electrons. The SMILES string of the molecule is Cc1ccc(Br)c(NC(C)CS(C)(=O)=O)c1. The molecular formula is C11H16BrNO2S. The molecule has 1 rings (SSSR count). The Labute approximate surface area is 105 Å². The van der Waals surface area contributed by atoms with Crippen LogP contribution in [-0.4, -0.2) is 26.5 Å². The van der Waals surface area contributed by atoms with E-state index in [0.29, 0.717) is 0 Å². The van der Waals surface area contributed by atoms with Crippen LogP contribution in [-0.2, 0) is 9.84 Å². The zero-order chi connectivity index (χ0) is 12.3. The van der Waals surface area contributed by atoms with Gasteiger partial charge in [-0.1, -0.05) is 6.07 Å². The Hall–Kier alpha value is -0.550. The first-order chi connectivity index (χ1) is 7.28. The third-order valence-corrected chi connectivity index (χ3v) is 3.87. The lowest BCUT2D eigenvalue weighted by atomic mass is 10.2. The summed E-state index contributed by atoms with van der Waals surface area (Å²) < 4.78 is 23.2.